The molecule has 1 aromatic rings. The fraction of sp³-hybridized carbons (Fsp3) is 0.500. The zero-order valence-corrected chi connectivity index (χ0v) is 13.4. The summed E-state index contributed by atoms with van der Waals surface area (Å²) in [5.41, 5.74) is 0. The van der Waals surface area contributed by atoms with E-state index >= 15 is 0 Å². The van der Waals surface area contributed by atoms with Crippen molar-refractivity contribution in [1.29, 1.82) is 0 Å². The van der Waals surface area contributed by atoms with Crippen LogP contribution in [-0.4, -0.2) is 53.3 Å². The molecule has 0 aromatic heterocycles. The molecule has 0 amide bonds. The van der Waals surface area contributed by atoms with Gasteiger partial charge in [-0.15, -0.1) is 0 Å². The number of aliphatic hydroxyl groups is 2. The molecule has 0 unspecified atom stereocenters. The molecule has 0 aliphatic carbocycles. The summed E-state index contributed by atoms with van der Waals surface area (Å²) in [6.45, 7) is 2.09. The number of thiocarbonyl (C=S) groups is 1. The van der Waals surface area contributed by atoms with Gasteiger partial charge in [-0.3, -0.25) is 0 Å². The van der Waals surface area contributed by atoms with E-state index in [-0.39, 0.29) is 11.8 Å². The Hall–Kier alpha value is -0.960. The van der Waals surface area contributed by atoms with Crippen molar-refractivity contribution in [2.24, 2.45) is 0 Å². The maximum Gasteiger partial charge on any atom is 0.358 e. The topological polar surface area (TPSA) is 77.4 Å². The van der Waals surface area contributed by atoms with E-state index in [9.17, 15) is 10.2 Å². The molecule has 1 saturated heterocycles. The maximum absolute atomic E-state index is 10.0. The van der Waals surface area contributed by atoms with Gasteiger partial charge in [0.15, 0.2) is 12.4 Å². The molecule has 122 valence electrons. The number of aliphatic hydroxyl groups excluding tert-OH is 2. The number of hydrogen-bond acceptors (Lipinski definition) is 7. The van der Waals surface area contributed by atoms with Gasteiger partial charge in [0.1, 0.15) is 18.0 Å². The number of hydrogen-bond donors (Lipinski definition) is 2. The smallest absolute Gasteiger partial charge is 0.358 e. The lowest BCUT2D eigenvalue weighted by Gasteiger charge is -2.37. The van der Waals surface area contributed by atoms with Crippen LogP contribution >= 0.6 is 23.8 Å². The Bertz CT molecular complexity index is 497. The van der Waals surface area contributed by atoms with E-state index < -0.39 is 24.6 Å². The predicted molar refractivity (Wildman–Crippen MR) is 82.9 cm³/mol. The lowest BCUT2D eigenvalue weighted by molar-refractivity contribution is -0.265. The van der Waals surface area contributed by atoms with Crippen molar-refractivity contribution < 1.29 is 29.2 Å². The van der Waals surface area contributed by atoms with Gasteiger partial charge in [0.05, 0.1) is 6.61 Å². The Kier molecular flexibility index (Phi) is 6.37. The second kappa shape index (κ2) is 8.05. The molecule has 1 heterocycles. The van der Waals surface area contributed by atoms with Crippen molar-refractivity contribution >= 4 is 29.1 Å². The number of ether oxygens (including phenoxy) is 4. The molecule has 6 nitrogen and oxygen atoms in total. The molecule has 2 rings (SSSR count). The van der Waals surface area contributed by atoms with Crippen LogP contribution in [0.1, 0.15) is 6.92 Å². The predicted octanol–water partition coefficient (Wildman–Crippen LogP) is 1.50. The monoisotopic (exact) mass is 348 g/mol. The van der Waals surface area contributed by atoms with Crippen molar-refractivity contribution in [3.8, 4) is 5.75 Å². The second-order valence-electron chi connectivity index (χ2n) is 4.60. The van der Waals surface area contributed by atoms with E-state index in [1.807, 2.05) is 0 Å². The quantitative estimate of drug-likeness (QED) is 0.798. The van der Waals surface area contributed by atoms with Gasteiger partial charge in [-0.25, -0.2) is 0 Å². The van der Waals surface area contributed by atoms with Gasteiger partial charge in [0.25, 0.3) is 0 Å². The summed E-state index contributed by atoms with van der Waals surface area (Å²) >= 11 is 10.8. The van der Waals surface area contributed by atoms with Crippen LogP contribution in [0.25, 0.3) is 0 Å². The van der Waals surface area contributed by atoms with E-state index in [1.165, 1.54) is 0 Å². The molecule has 1 aliphatic rings. The standard InChI is InChI=1S/C14H17ClO6S/c1-2-18-13-12(11(17)10(16)7-19-13)21-14(22)20-9-5-3-8(15)4-6-9/h3-6,10-13,16-17H,2,7H2,1H3/t10-,11+,12-,13+/m1/s1. The van der Waals surface area contributed by atoms with Gasteiger partial charge in [-0.1, -0.05) is 11.6 Å². The highest BCUT2D eigenvalue weighted by Gasteiger charge is 2.42. The zero-order chi connectivity index (χ0) is 16.1. The summed E-state index contributed by atoms with van der Waals surface area (Å²) in [5, 5.41) is 20.0. The molecule has 22 heavy (non-hydrogen) atoms. The van der Waals surface area contributed by atoms with Crippen molar-refractivity contribution in [2.75, 3.05) is 13.2 Å². The van der Waals surface area contributed by atoms with E-state index in [0.29, 0.717) is 17.4 Å². The molecule has 4 atom stereocenters. The minimum absolute atomic E-state index is 0.0451. The minimum Gasteiger partial charge on any atom is -0.445 e. The van der Waals surface area contributed by atoms with E-state index in [0.717, 1.165) is 0 Å². The molecule has 1 fully saturated rings. The molecule has 2 N–H and O–H groups in total. The third-order valence-corrected chi connectivity index (χ3v) is 3.44. The van der Waals surface area contributed by atoms with Crippen molar-refractivity contribution in [1.82, 2.24) is 0 Å². The highest BCUT2D eigenvalue weighted by atomic mass is 35.5. The average Bonchev–Trinajstić information content (AvgIpc) is 2.49. The minimum atomic E-state index is -1.20. The van der Waals surface area contributed by atoms with Crippen LogP contribution in [0.3, 0.4) is 0 Å². The van der Waals surface area contributed by atoms with Crippen LogP contribution in [0.5, 0.6) is 5.75 Å². The summed E-state index contributed by atoms with van der Waals surface area (Å²) in [7, 11) is 0. The lowest BCUT2D eigenvalue weighted by atomic mass is 10.1. The number of halogens is 1. The molecule has 8 heteroatoms. The molecular weight excluding hydrogens is 332 g/mol. The van der Waals surface area contributed by atoms with E-state index in [2.05, 4.69) is 0 Å². The van der Waals surface area contributed by atoms with Crippen LogP contribution in [0, 0.1) is 0 Å². The van der Waals surface area contributed by atoms with Gasteiger partial charge in [0, 0.05) is 23.8 Å². The third kappa shape index (κ3) is 4.52. The lowest BCUT2D eigenvalue weighted by Crippen LogP contribution is -2.55. The number of rotatable bonds is 4. The second-order valence-corrected chi connectivity index (χ2v) is 5.37. The molecule has 0 radical (unpaired) electrons. The highest BCUT2D eigenvalue weighted by Crippen LogP contribution is 2.22. The van der Waals surface area contributed by atoms with Crippen LogP contribution in [0.2, 0.25) is 5.02 Å². The molecule has 1 aliphatic heterocycles. The van der Waals surface area contributed by atoms with Crippen LogP contribution in [0.4, 0.5) is 0 Å². The van der Waals surface area contributed by atoms with Crippen molar-refractivity contribution in [3.63, 3.8) is 0 Å². The first-order valence-electron chi connectivity index (χ1n) is 6.74. The van der Waals surface area contributed by atoms with Gasteiger partial charge in [0.2, 0.25) is 0 Å². The number of benzene rings is 1. The Morgan fingerprint density at radius 2 is 2.05 bits per heavy atom. The van der Waals surface area contributed by atoms with Crippen LogP contribution in [-0.2, 0) is 14.2 Å². The van der Waals surface area contributed by atoms with Crippen molar-refractivity contribution in [3.05, 3.63) is 29.3 Å². The Morgan fingerprint density at radius 1 is 1.36 bits per heavy atom. The normalized spacial score (nSPS) is 28.2. The Labute approximate surface area is 138 Å². The molecule has 0 saturated carbocycles. The Morgan fingerprint density at radius 3 is 2.68 bits per heavy atom. The summed E-state index contributed by atoms with van der Waals surface area (Å²) in [4.78, 5) is 0. The fourth-order valence-electron chi connectivity index (χ4n) is 1.93. The first kappa shape index (κ1) is 17.4. The van der Waals surface area contributed by atoms with Gasteiger partial charge >= 0.3 is 5.24 Å². The van der Waals surface area contributed by atoms with Crippen LogP contribution in [0.15, 0.2) is 24.3 Å². The SMILES string of the molecule is CCO[C@H]1OC[C@@H](O)[C@H](O)[C@H]1OC(=S)Oc1ccc(Cl)cc1. The van der Waals surface area contributed by atoms with Gasteiger partial charge in [-0.05, 0) is 31.2 Å². The first-order chi connectivity index (χ1) is 10.5. The summed E-state index contributed by atoms with van der Waals surface area (Å²) < 4.78 is 21.3. The summed E-state index contributed by atoms with van der Waals surface area (Å²) in [5.74, 6) is 0.439. The first-order valence-corrected chi connectivity index (χ1v) is 7.53. The molecule has 0 spiro atoms. The molecule has 1 aromatic carbocycles. The molecular formula is C14H17ClO6S. The van der Waals surface area contributed by atoms with Crippen LogP contribution < -0.4 is 4.74 Å². The average molecular weight is 349 g/mol. The van der Waals surface area contributed by atoms with Gasteiger partial charge in [-0.2, -0.15) is 0 Å². The Balaban J connectivity index is 1.98. The summed E-state index contributed by atoms with van der Waals surface area (Å²) in [6, 6.07) is 6.54. The van der Waals surface area contributed by atoms with Gasteiger partial charge < -0.3 is 29.2 Å². The highest BCUT2D eigenvalue weighted by molar-refractivity contribution is 7.79. The maximum atomic E-state index is 10.0. The largest absolute Gasteiger partial charge is 0.445 e. The molecule has 0 bridgehead atoms. The fourth-order valence-corrected chi connectivity index (χ4v) is 2.27. The van der Waals surface area contributed by atoms with E-state index in [4.69, 9.17) is 42.8 Å². The zero-order valence-electron chi connectivity index (χ0n) is 11.8. The summed E-state index contributed by atoms with van der Waals surface area (Å²) in [6.07, 6.45) is -4.10. The third-order valence-electron chi connectivity index (χ3n) is 3.01. The van der Waals surface area contributed by atoms with E-state index in [1.54, 1.807) is 31.2 Å². The van der Waals surface area contributed by atoms with Crippen molar-refractivity contribution in [2.45, 2.75) is 31.5 Å².